The smallest absolute Gasteiger partial charge is 0.328 e. The molecule has 0 atom stereocenters. The summed E-state index contributed by atoms with van der Waals surface area (Å²) in [6, 6.07) is 17.7. The van der Waals surface area contributed by atoms with Crippen molar-refractivity contribution >= 4 is 54.8 Å². The van der Waals surface area contributed by atoms with E-state index in [1.54, 1.807) is 22.7 Å². The lowest BCUT2D eigenvalue weighted by Crippen LogP contribution is -2.50. The Morgan fingerprint density at radius 1 is 0.667 bits per heavy atom. The molecule has 4 aromatic rings. The highest BCUT2D eigenvalue weighted by molar-refractivity contribution is 7.17. The number of aliphatic hydroxyl groups excluding tert-OH is 2. The van der Waals surface area contributed by atoms with Crippen molar-refractivity contribution in [3.8, 4) is 0 Å². The summed E-state index contributed by atoms with van der Waals surface area (Å²) in [6.07, 6.45) is 4.99. The summed E-state index contributed by atoms with van der Waals surface area (Å²) in [5, 5.41) is 40.9. The number of rotatable bonds is 16. The van der Waals surface area contributed by atoms with Gasteiger partial charge in [-0.1, -0.05) is 24.3 Å². The number of carbonyl (C=O) groups is 2. The Hall–Kier alpha value is -3.20. The molecule has 0 radical (unpaired) electrons. The minimum absolute atomic E-state index is 0.0945. The maximum absolute atomic E-state index is 9.55. The monoisotopic (exact) mass is 698 g/mol. The quantitative estimate of drug-likeness (QED) is 0.0957. The van der Waals surface area contributed by atoms with Crippen molar-refractivity contribution in [3.05, 3.63) is 82.6 Å². The number of fused-ring (bicyclic) bond motifs is 2. The summed E-state index contributed by atoms with van der Waals surface area (Å²) in [5.41, 5.74) is 2.70. The average Bonchev–Trinajstić information content (AvgIpc) is 3.71. The highest BCUT2D eigenvalue weighted by atomic mass is 32.1. The van der Waals surface area contributed by atoms with Gasteiger partial charge < -0.3 is 29.9 Å². The SMILES string of the molecule is O=C(O)/C=C/C(=O)O.OC1CN(CCCOCCc2ccc3sccc3c2)C1.OC1CN(CCCOCCc2ccc3sccc3c2)C1. The first-order chi connectivity index (χ1) is 23.2. The van der Waals surface area contributed by atoms with E-state index < -0.39 is 11.9 Å². The van der Waals surface area contributed by atoms with Crippen molar-refractivity contribution in [3.63, 3.8) is 0 Å². The van der Waals surface area contributed by atoms with E-state index in [1.807, 2.05) is 0 Å². The van der Waals surface area contributed by atoms with Crippen molar-refractivity contribution in [2.45, 2.75) is 37.9 Å². The van der Waals surface area contributed by atoms with Gasteiger partial charge in [0, 0.05) is 74.0 Å². The number of aliphatic hydroxyl groups is 2. The third-order valence-electron chi connectivity index (χ3n) is 7.87. The maximum atomic E-state index is 9.55. The van der Waals surface area contributed by atoms with Crippen LogP contribution in [0.15, 0.2) is 71.4 Å². The molecule has 2 fully saturated rings. The van der Waals surface area contributed by atoms with Crippen LogP contribution in [0.4, 0.5) is 0 Å². The molecule has 2 aromatic heterocycles. The van der Waals surface area contributed by atoms with Crippen LogP contribution in [0.3, 0.4) is 0 Å². The molecule has 6 rings (SSSR count). The summed E-state index contributed by atoms with van der Waals surface area (Å²) < 4.78 is 14.1. The molecule has 4 N–H and O–H groups in total. The lowest BCUT2D eigenvalue weighted by atomic mass is 10.1. The maximum Gasteiger partial charge on any atom is 0.328 e. The number of hydrogen-bond donors (Lipinski definition) is 4. The normalized spacial score (nSPS) is 15.5. The fourth-order valence-electron chi connectivity index (χ4n) is 5.30. The molecule has 10 nitrogen and oxygen atoms in total. The third-order valence-corrected chi connectivity index (χ3v) is 9.67. The summed E-state index contributed by atoms with van der Waals surface area (Å²) in [4.78, 5) is 23.6. The summed E-state index contributed by atoms with van der Waals surface area (Å²) in [6.45, 7) is 8.62. The van der Waals surface area contributed by atoms with Crippen LogP contribution in [0.2, 0.25) is 0 Å². The standard InChI is InChI=1S/2C16H21NO2S.C4H4O4/c2*18-15-11-17(12-15)6-1-7-19-8-4-13-2-3-16-14(10-13)5-9-20-16;5-3(6)1-2-4(7)8/h2*2-3,5,9-10,15,18H,1,4,6-8,11-12H2;1-2H,(H,5,6)(H,7,8)/b;;2-1+. The second kappa shape index (κ2) is 20.3. The molecule has 0 saturated carbocycles. The van der Waals surface area contributed by atoms with Crippen LogP contribution >= 0.6 is 22.7 Å². The number of carboxylic acid groups (broad SMARTS) is 2. The molecule has 0 amide bonds. The van der Waals surface area contributed by atoms with E-state index in [1.165, 1.54) is 31.3 Å². The van der Waals surface area contributed by atoms with Gasteiger partial charge in [0.1, 0.15) is 0 Å². The third kappa shape index (κ3) is 13.7. The molecule has 12 heteroatoms. The molecule has 0 unspecified atom stereocenters. The predicted octanol–water partition coefficient (Wildman–Crippen LogP) is 4.77. The van der Waals surface area contributed by atoms with Gasteiger partial charge in [0.2, 0.25) is 0 Å². The number of hydrogen-bond acceptors (Lipinski definition) is 10. The second-order valence-electron chi connectivity index (χ2n) is 11.9. The van der Waals surface area contributed by atoms with Crippen LogP contribution in [0.1, 0.15) is 24.0 Å². The van der Waals surface area contributed by atoms with Crippen LogP contribution in [0, 0.1) is 0 Å². The molecular weight excluding hydrogens is 653 g/mol. The van der Waals surface area contributed by atoms with Gasteiger partial charge in [-0.15, -0.1) is 22.7 Å². The number of thiophene rings is 2. The molecule has 48 heavy (non-hydrogen) atoms. The highest BCUT2D eigenvalue weighted by Gasteiger charge is 2.23. The molecule has 2 aromatic carbocycles. The van der Waals surface area contributed by atoms with Crippen LogP contribution in [-0.2, 0) is 31.9 Å². The number of β-amino-alcohol motifs (C(OH)–C–C–N with tert-alkyl or cyclic N) is 2. The number of aliphatic carboxylic acids is 2. The Balaban J connectivity index is 0.000000178. The van der Waals surface area contributed by atoms with E-state index in [2.05, 4.69) is 69.1 Å². The average molecular weight is 699 g/mol. The first-order valence-corrected chi connectivity index (χ1v) is 18.0. The Labute approximate surface area is 289 Å². The van der Waals surface area contributed by atoms with Gasteiger partial charge in [-0.3, -0.25) is 9.80 Å². The Kier molecular flexibility index (Phi) is 15.9. The van der Waals surface area contributed by atoms with E-state index in [0.717, 1.165) is 91.4 Å². The van der Waals surface area contributed by atoms with Crippen molar-refractivity contribution in [2.75, 3.05) is 65.7 Å². The first kappa shape index (κ1) is 37.6. The van der Waals surface area contributed by atoms with E-state index >= 15 is 0 Å². The predicted molar refractivity (Wildman–Crippen MR) is 191 cm³/mol. The zero-order chi connectivity index (χ0) is 34.1. The summed E-state index contributed by atoms with van der Waals surface area (Å²) in [5.74, 6) is -2.51. The zero-order valence-corrected chi connectivity index (χ0v) is 28.7. The van der Waals surface area contributed by atoms with Gasteiger partial charge in [0.25, 0.3) is 0 Å². The van der Waals surface area contributed by atoms with Crippen molar-refractivity contribution < 1.29 is 39.5 Å². The fraction of sp³-hybridized carbons (Fsp3) is 0.444. The zero-order valence-electron chi connectivity index (χ0n) is 27.1. The number of benzene rings is 2. The number of ether oxygens (including phenoxy) is 2. The van der Waals surface area contributed by atoms with Crippen LogP contribution < -0.4 is 0 Å². The van der Waals surface area contributed by atoms with Gasteiger partial charge in [-0.25, -0.2) is 9.59 Å². The number of likely N-dealkylation sites (tertiary alicyclic amines) is 2. The first-order valence-electron chi connectivity index (χ1n) is 16.3. The topological polar surface area (TPSA) is 140 Å². The number of carboxylic acids is 2. The second-order valence-corrected chi connectivity index (χ2v) is 13.7. The van der Waals surface area contributed by atoms with Crippen LogP contribution in [-0.4, -0.2) is 120 Å². The minimum atomic E-state index is -1.26. The molecule has 4 heterocycles. The molecule has 0 bridgehead atoms. The highest BCUT2D eigenvalue weighted by Crippen LogP contribution is 2.23. The fourth-order valence-corrected chi connectivity index (χ4v) is 6.84. The van der Waals surface area contributed by atoms with Crippen LogP contribution in [0.25, 0.3) is 20.2 Å². The van der Waals surface area contributed by atoms with E-state index in [4.69, 9.17) is 19.7 Å². The molecule has 2 aliphatic heterocycles. The summed E-state index contributed by atoms with van der Waals surface area (Å²) >= 11 is 3.58. The lowest BCUT2D eigenvalue weighted by molar-refractivity contribution is -0.134. The molecule has 260 valence electrons. The number of nitrogens with zero attached hydrogens (tertiary/aromatic N) is 2. The van der Waals surface area contributed by atoms with Crippen LogP contribution in [0.5, 0.6) is 0 Å². The van der Waals surface area contributed by atoms with Gasteiger partial charge in [0.15, 0.2) is 0 Å². The van der Waals surface area contributed by atoms with E-state index in [9.17, 15) is 19.8 Å². The molecule has 2 aliphatic rings. The Morgan fingerprint density at radius 2 is 1.08 bits per heavy atom. The van der Waals surface area contributed by atoms with Gasteiger partial charge in [-0.2, -0.15) is 0 Å². The Bertz CT molecular complexity index is 1460. The Morgan fingerprint density at radius 3 is 1.46 bits per heavy atom. The largest absolute Gasteiger partial charge is 0.478 e. The molecule has 0 aliphatic carbocycles. The van der Waals surface area contributed by atoms with Crippen molar-refractivity contribution in [1.82, 2.24) is 9.80 Å². The molecular formula is C36H46N2O8S2. The van der Waals surface area contributed by atoms with E-state index in [0.29, 0.717) is 12.2 Å². The van der Waals surface area contributed by atoms with E-state index in [-0.39, 0.29) is 12.2 Å². The molecule has 2 saturated heterocycles. The minimum Gasteiger partial charge on any atom is -0.478 e. The van der Waals surface area contributed by atoms with Crippen molar-refractivity contribution in [2.24, 2.45) is 0 Å². The van der Waals surface area contributed by atoms with Gasteiger partial charge in [0.05, 0.1) is 25.4 Å². The van der Waals surface area contributed by atoms with Crippen molar-refractivity contribution in [1.29, 1.82) is 0 Å². The van der Waals surface area contributed by atoms with Gasteiger partial charge in [-0.05, 0) is 82.6 Å². The summed E-state index contributed by atoms with van der Waals surface area (Å²) in [7, 11) is 0. The lowest BCUT2D eigenvalue weighted by Gasteiger charge is -2.35. The molecule has 0 spiro atoms. The van der Waals surface area contributed by atoms with Gasteiger partial charge >= 0.3 is 11.9 Å².